The number of aliphatic hydroxyl groups is 1. The molecule has 0 saturated heterocycles. The lowest BCUT2D eigenvalue weighted by atomic mass is 9.95. The van der Waals surface area contributed by atoms with Crippen molar-refractivity contribution >= 4 is 39.1 Å². The van der Waals surface area contributed by atoms with Crippen molar-refractivity contribution in [2.24, 2.45) is 0 Å². The Hall–Kier alpha value is -0.740. The minimum atomic E-state index is -0.587. The molecular weight excluding hydrogens is 363 g/mol. The van der Waals surface area contributed by atoms with Gasteiger partial charge >= 0.3 is 0 Å². The topological polar surface area (TPSA) is 29.5 Å². The van der Waals surface area contributed by atoms with E-state index < -0.39 is 6.10 Å². The second kappa shape index (κ2) is 5.57. The minimum absolute atomic E-state index is 0.301. The van der Waals surface area contributed by atoms with Gasteiger partial charge in [-0.2, -0.15) is 0 Å². The van der Waals surface area contributed by atoms with Crippen LogP contribution in [0, 0.1) is 0 Å². The SMILES string of the molecule is O[C@@H]1CC(c2cccc(Cl)c2Cl)Oc2ccc(Br)cc21. The molecule has 2 aromatic rings. The van der Waals surface area contributed by atoms with Crippen LogP contribution in [0.4, 0.5) is 0 Å². The van der Waals surface area contributed by atoms with E-state index >= 15 is 0 Å². The Balaban J connectivity index is 1.99. The molecule has 2 atom stereocenters. The fourth-order valence-electron chi connectivity index (χ4n) is 2.38. The van der Waals surface area contributed by atoms with Crippen molar-refractivity contribution < 1.29 is 9.84 Å². The molecule has 0 aliphatic carbocycles. The molecule has 0 spiro atoms. The zero-order chi connectivity index (χ0) is 14.3. The van der Waals surface area contributed by atoms with Crippen LogP contribution in [0.1, 0.15) is 29.8 Å². The first kappa shape index (κ1) is 14.2. The van der Waals surface area contributed by atoms with Gasteiger partial charge in [0.2, 0.25) is 0 Å². The van der Waals surface area contributed by atoms with E-state index in [2.05, 4.69) is 15.9 Å². The average molecular weight is 374 g/mol. The van der Waals surface area contributed by atoms with Crippen LogP contribution >= 0.6 is 39.1 Å². The lowest BCUT2D eigenvalue weighted by molar-refractivity contribution is 0.0657. The fourth-order valence-corrected chi connectivity index (χ4v) is 3.19. The number of rotatable bonds is 1. The molecule has 0 saturated carbocycles. The number of aliphatic hydroxyl groups excluding tert-OH is 1. The quantitative estimate of drug-likeness (QED) is 0.733. The zero-order valence-electron chi connectivity index (χ0n) is 10.3. The lowest BCUT2D eigenvalue weighted by Crippen LogP contribution is -2.19. The molecule has 3 rings (SSSR count). The summed E-state index contributed by atoms with van der Waals surface area (Å²) in [7, 11) is 0. The van der Waals surface area contributed by atoms with E-state index in [9.17, 15) is 5.11 Å². The van der Waals surface area contributed by atoms with Crippen LogP contribution in [0.3, 0.4) is 0 Å². The van der Waals surface area contributed by atoms with Gasteiger partial charge in [-0.1, -0.05) is 51.3 Å². The van der Waals surface area contributed by atoms with Gasteiger partial charge in [0.25, 0.3) is 0 Å². The molecule has 1 aliphatic rings. The van der Waals surface area contributed by atoms with Crippen LogP contribution in [0.25, 0.3) is 0 Å². The first-order valence-electron chi connectivity index (χ1n) is 6.14. The van der Waals surface area contributed by atoms with Gasteiger partial charge in [0, 0.05) is 22.0 Å². The summed E-state index contributed by atoms with van der Waals surface area (Å²) >= 11 is 15.7. The van der Waals surface area contributed by atoms with Gasteiger partial charge < -0.3 is 9.84 Å². The molecule has 0 aromatic heterocycles. The van der Waals surface area contributed by atoms with Crippen LogP contribution < -0.4 is 4.74 Å². The second-order valence-electron chi connectivity index (χ2n) is 4.68. The van der Waals surface area contributed by atoms with Crippen LogP contribution in [-0.4, -0.2) is 5.11 Å². The third-order valence-electron chi connectivity index (χ3n) is 3.37. The van der Waals surface area contributed by atoms with Crippen molar-refractivity contribution in [2.75, 3.05) is 0 Å². The van der Waals surface area contributed by atoms with Gasteiger partial charge in [0.15, 0.2) is 0 Å². The zero-order valence-corrected chi connectivity index (χ0v) is 13.4. The van der Waals surface area contributed by atoms with Gasteiger partial charge in [-0.25, -0.2) is 0 Å². The van der Waals surface area contributed by atoms with Gasteiger partial charge in [0.1, 0.15) is 11.9 Å². The Bertz CT molecular complexity index is 660. The molecule has 0 radical (unpaired) electrons. The van der Waals surface area contributed by atoms with E-state index in [0.717, 1.165) is 15.6 Å². The number of halogens is 3. The number of benzene rings is 2. The van der Waals surface area contributed by atoms with Crippen molar-refractivity contribution in [3.8, 4) is 5.75 Å². The van der Waals surface area contributed by atoms with E-state index in [1.54, 1.807) is 6.07 Å². The molecule has 20 heavy (non-hydrogen) atoms. The molecule has 0 fully saturated rings. The molecule has 1 aliphatic heterocycles. The van der Waals surface area contributed by atoms with E-state index in [-0.39, 0.29) is 6.10 Å². The van der Waals surface area contributed by atoms with Crippen molar-refractivity contribution in [2.45, 2.75) is 18.6 Å². The van der Waals surface area contributed by atoms with Crippen molar-refractivity contribution in [1.29, 1.82) is 0 Å². The summed E-state index contributed by atoms with van der Waals surface area (Å²) in [6.07, 6.45) is -0.440. The molecule has 1 heterocycles. The summed E-state index contributed by atoms with van der Waals surface area (Å²) in [4.78, 5) is 0. The Morgan fingerprint density at radius 2 is 1.95 bits per heavy atom. The number of hydrogen-bond acceptors (Lipinski definition) is 2. The van der Waals surface area contributed by atoms with E-state index in [0.29, 0.717) is 22.2 Å². The Morgan fingerprint density at radius 1 is 1.15 bits per heavy atom. The van der Waals surface area contributed by atoms with Gasteiger partial charge in [-0.05, 0) is 24.3 Å². The third-order valence-corrected chi connectivity index (χ3v) is 4.69. The van der Waals surface area contributed by atoms with Crippen LogP contribution in [0.15, 0.2) is 40.9 Å². The maximum Gasteiger partial charge on any atom is 0.128 e. The van der Waals surface area contributed by atoms with Crippen molar-refractivity contribution in [3.63, 3.8) is 0 Å². The van der Waals surface area contributed by atoms with Crippen LogP contribution in [0.2, 0.25) is 10.0 Å². The second-order valence-corrected chi connectivity index (χ2v) is 6.38. The third kappa shape index (κ3) is 2.56. The largest absolute Gasteiger partial charge is 0.485 e. The summed E-state index contributed by atoms with van der Waals surface area (Å²) in [5.74, 6) is 0.674. The number of fused-ring (bicyclic) bond motifs is 1. The number of hydrogen-bond donors (Lipinski definition) is 1. The van der Waals surface area contributed by atoms with E-state index in [4.69, 9.17) is 27.9 Å². The Labute approximate surface area is 135 Å². The normalized spacial score (nSPS) is 21.2. The highest BCUT2D eigenvalue weighted by atomic mass is 79.9. The van der Waals surface area contributed by atoms with Gasteiger partial charge in [0.05, 0.1) is 16.1 Å². The Kier molecular flexibility index (Phi) is 3.95. The standard InChI is InChI=1S/C15H11BrCl2O2/c16-8-4-5-13-10(6-8)12(19)7-14(20-13)9-2-1-3-11(17)15(9)18/h1-6,12,14,19H,7H2/t12-,14?/m1/s1. The molecule has 2 nitrogen and oxygen atoms in total. The average Bonchev–Trinajstić information content (AvgIpc) is 2.42. The summed E-state index contributed by atoms with van der Waals surface area (Å²) in [6.45, 7) is 0. The highest BCUT2D eigenvalue weighted by molar-refractivity contribution is 9.10. The smallest absolute Gasteiger partial charge is 0.128 e. The van der Waals surface area contributed by atoms with Crippen LogP contribution in [-0.2, 0) is 0 Å². The summed E-state index contributed by atoms with van der Waals surface area (Å²) in [5.41, 5.74) is 1.58. The molecule has 0 amide bonds. The maximum absolute atomic E-state index is 10.3. The highest BCUT2D eigenvalue weighted by Crippen LogP contribution is 2.44. The number of ether oxygens (including phenoxy) is 1. The predicted octanol–water partition coefficient (Wildman–Crippen LogP) is 5.31. The monoisotopic (exact) mass is 372 g/mol. The minimum Gasteiger partial charge on any atom is -0.485 e. The molecule has 1 N–H and O–H groups in total. The highest BCUT2D eigenvalue weighted by Gasteiger charge is 2.29. The molecule has 2 aromatic carbocycles. The van der Waals surface area contributed by atoms with Gasteiger partial charge in [-0.15, -0.1) is 0 Å². The first-order chi connectivity index (χ1) is 9.56. The van der Waals surface area contributed by atoms with E-state index in [1.807, 2.05) is 30.3 Å². The molecule has 0 bridgehead atoms. The summed E-state index contributed by atoms with van der Waals surface area (Å²) in [5, 5.41) is 11.3. The molecule has 5 heteroatoms. The van der Waals surface area contributed by atoms with Gasteiger partial charge in [-0.3, -0.25) is 0 Å². The van der Waals surface area contributed by atoms with Crippen molar-refractivity contribution in [1.82, 2.24) is 0 Å². The predicted molar refractivity (Wildman–Crippen MR) is 83.5 cm³/mol. The summed E-state index contributed by atoms with van der Waals surface area (Å²) in [6, 6.07) is 11.0. The molecular formula is C15H11BrCl2O2. The maximum atomic E-state index is 10.3. The lowest BCUT2D eigenvalue weighted by Gasteiger charge is -2.30. The summed E-state index contributed by atoms with van der Waals surface area (Å²) < 4.78 is 6.87. The molecule has 1 unspecified atom stereocenters. The first-order valence-corrected chi connectivity index (χ1v) is 7.69. The van der Waals surface area contributed by atoms with Crippen LogP contribution in [0.5, 0.6) is 5.75 Å². The Morgan fingerprint density at radius 3 is 2.75 bits per heavy atom. The molecule has 104 valence electrons. The van der Waals surface area contributed by atoms with Crippen molar-refractivity contribution in [3.05, 3.63) is 62.0 Å². The van der Waals surface area contributed by atoms with E-state index in [1.165, 1.54) is 0 Å². The fraction of sp³-hybridized carbons (Fsp3) is 0.200.